The van der Waals surface area contributed by atoms with Crippen LogP contribution in [0.1, 0.15) is 38.3 Å². The highest BCUT2D eigenvalue weighted by atomic mass is 35.5. The van der Waals surface area contributed by atoms with E-state index in [2.05, 4.69) is 24.1 Å². The molecule has 20 heavy (non-hydrogen) atoms. The van der Waals surface area contributed by atoms with Crippen LogP contribution < -0.4 is 10.1 Å². The third kappa shape index (κ3) is 4.11. The van der Waals surface area contributed by atoms with Gasteiger partial charge in [0.2, 0.25) is 0 Å². The van der Waals surface area contributed by atoms with Crippen molar-refractivity contribution in [1.82, 2.24) is 10.2 Å². The highest BCUT2D eigenvalue weighted by molar-refractivity contribution is 6.30. The molecular weight excluding hydrogens is 272 g/mol. The second kappa shape index (κ2) is 7.87. The number of benzene rings is 1. The van der Waals surface area contributed by atoms with Crippen LogP contribution in [-0.4, -0.2) is 37.7 Å². The number of halogens is 1. The summed E-state index contributed by atoms with van der Waals surface area (Å²) in [5.74, 6) is 0.974. The normalized spacial score (nSPS) is 17.9. The van der Waals surface area contributed by atoms with Gasteiger partial charge in [0.15, 0.2) is 0 Å². The maximum atomic E-state index is 6.09. The van der Waals surface area contributed by atoms with Gasteiger partial charge in [-0.1, -0.05) is 25.4 Å². The minimum absolute atomic E-state index is 0.370. The molecule has 0 saturated carbocycles. The summed E-state index contributed by atoms with van der Waals surface area (Å²) in [6, 6.07) is 6.26. The molecule has 0 fully saturated rings. The Morgan fingerprint density at radius 2 is 2.15 bits per heavy atom. The van der Waals surface area contributed by atoms with E-state index in [1.165, 1.54) is 12.0 Å². The summed E-state index contributed by atoms with van der Waals surface area (Å²) in [5, 5.41) is 4.42. The Morgan fingerprint density at radius 3 is 2.90 bits per heavy atom. The van der Waals surface area contributed by atoms with Crippen molar-refractivity contribution in [2.24, 2.45) is 0 Å². The molecule has 0 saturated heterocycles. The summed E-state index contributed by atoms with van der Waals surface area (Å²) in [4.78, 5) is 2.45. The molecule has 1 unspecified atom stereocenters. The topological polar surface area (TPSA) is 24.5 Å². The molecule has 1 aliphatic heterocycles. The molecule has 112 valence electrons. The molecule has 3 nitrogen and oxygen atoms in total. The number of fused-ring (bicyclic) bond motifs is 1. The Balaban J connectivity index is 1.84. The molecule has 0 spiro atoms. The highest BCUT2D eigenvalue weighted by Gasteiger charge is 2.20. The number of ether oxygens (including phenoxy) is 1. The Morgan fingerprint density at radius 1 is 1.35 bits per heavy atom. The van der Waals surface area contributed by atoms with E-state index in [9.17, 15) is 0 Å². The lowest BCUT2D eigenvalue weighted by Crippen LogP contribution is -2.31. The molecule has 1 N–H and O–H groups in total. The van der Waals surface area contributed by atoms with Gasteiger partial charge in [0.05, 0.1) is 6.61 Å². The molecule has 0 bridgehead atoms. The third-order valence-corrected chi connectivity index (χ3v) is 4.18. The predicted octanol–water partition coefficient (Wildman–Crippen LogP) is 3.49. The Bertz CT molecular complexity index is 421. The molecule has 1 aromatic rings. The quantitative estimate of drug-likeness (QED) is 0.780. The van der Waals surface area contributed by atoms with E-state index in [0.717, 1.165) is 50.0 Å². The van der Waals surface area contributed by atoms with Crippen LogP contribution in [0.5, 0.6) is 5.75 Å². The molecular formula is C16H25ClN2O. The third-order valence-electron chi connectivity index (χ3n) is 3.95. The molecule has 4 heteroatoms. The average Bonchev–Trinajstić information content (AvgIpc) is 2.47. The lowest BCUT2D eigenvalue weighted by atomic mass is 10.0. The van der Waals surface area contributed by atoms with Gasteiger partial charge in [-0.05, 0) is 50.8 Å². The van der Waals surface area contributed by atoms with Crippen molar-refractivity contribution in [3.8, 4) is 5.75 Å². The second-order valence-corrected chi connectivity index (χ2v) is 5.64. The van der Waals surface area contributed by atoms with E-state index < -0.39 is 0 Å². The number of nitrogens with one attached hydrogen (secondary N) is 1. The van der Waals surface area contributed by atoms with Crippen LogP contribution in [-0.2, 0) is 0 Å². The first-order chi connectivity index (χ1) is 9.74. The highest BCUT2D eigenvalue weighted by Crippen LogP contribution is 2.33. The number of hydrogen-bond donors (Lipinski definition) is 1. The first kappa shape index (κ1) is 15.6. The Labute approximate surface area is 127 Å². The van der Waals surface area contributed by atoms with Gasteiger partial charge in [0.25, 0.3) is 0 Å². The summed E-state index contributed by atoms with van der Waals surface area (Å²) in [6.07, 6.45) is 2.19. The fourth-order valence-corrected chi connectivity index (χ4v) is 2.88. The molecule has 1 heterocycles. The van der Waals surface area contributed by atoms with Crippen molar-refractivity contribution in [3.05, 3.63) is 28.8 Å². The first-order valence-corrected chi connectivity index (χ1v) is 8.00. The SMILES string of the molecule is CCN(CC)CCCNC1CCOc2ccc(Cl)cc21. The maximum absolute atomic E-state index is 6.09. The standard InChI is InChI=1S/C16H25ClN2O/c1-3-19(4-2)10-5-9-18-15-8-11-20-16-7-6-13(17)12-14(15)16/h6-7,12,15,18H,3-5,8-11H2,1-2H3. The average molecular weight is 297 g/mol. The molecule has 0 radical (unpaired) electrons. The predicted molar refractivity (Wildman–Crippen MR) is 84.7 cm³/mol. The summed E-state index contributed by atoms with van der Waals surface area (Å²) in [6.45, 7) is 9.67. The molecule has 1 atom stereocenters. The second-order valence-electron chi connectivity index (χ2n) is 5.21. The van der Waals surface area contributed by atoms with Crippen molar-refractivity contribution < 1.29 is 4.74 Å². The van der Waals surface area contributed by atoms with Gasteiger partial charge < -0.3 is 15.0 Å². The van der Waals surface area contributed by atoms with Crippen LogP contribution >= 0.6 is 11.6 Å². The van der Waals surface area contributed by atoms with Gasteiger partial charge in [-0.3, -0.25) is 0 Å². The molecule has 0 amide bonds. The summed E-state index contributed by atoms with van der Waals surface area (Å²) in [5.41, 5.74) is 1.20. The van der Waals surface area contributed by atoms with Crippen LogP contribution in [0.3, 0.4) is 0 Å². The van der Waals surface area contributed by atoms with Crippen molar-refractivity contribution in [2.75, 3.05) is 32.8 Å². The van der Waals surface area contributed by atoms with Gasteiger partial charge in [-0.15, -0.1) is 0 Å². The number of nitrogens with zero attached hydrogens (tertiary/aromatic N) is 1. The maximum Gasteiger partial charge on any atom is 0.124 e. The smallest absolute Gasteiger partial charge is 0.124 e. The van der Waals surface area contributed by atoms with Gasteiger partial charge >= 0.3 is 0 Å². The molecule has 1 aromatic carbocycles. The fraction of sp³-hybridized carbons (Fsp3) is 0.625. The van der Waals surface area contributed by atoms with Crippen molar-refractivity contribution in [2.45, 2.75) is 32.7 Å². The summed E-state index contributed by atoms with van der Waals surface area (Å²) in [7, 11) is 0. The zero-order chi connectivity index (χ0) is 14.4. The van der Waals surface area contributed by atoms with E-state index >= 15 is 0 Å². The summed E-state index contributed by atoms with van der Waals surface area (Å²) >= 11 is 6.09. The number of rotatable bonds is 7. The van der Waals surface area contributed by atoms with Crippen LogP contribution in [0, 0.1) is 0 Å². The van der Waals surface area contributed by atoms with E-state index in [1.807, 2.05) is 18.2 Å². The van der Waals surface area contributed by atoms with Crippen LogP contribution in [0.4, 0.5) is 0 Å². The molecule has 2 rings (SSSR count). The fourth-order valence-electron chi connectivity index (χ4n) is 2.70. The van der Waals surface area contributed by atoms with Crippen molar-refractivity contribution in [3.63, 3.8) is 0 Å². The summed E-state index contributed by atoms with van der Waals surface area (Å²) < 4.78 is 5.68. The van der Waals surface area contributed by atoms with Crippen molar-refractivity contribution >= 4 is 11.6 Å². The zero-order valence-corrected chi connectivity index (χ0v) is 13.2. The minimum atomic E-state index is 0.370. The molecule has 1 aliphatic rings. The first-order valence-electron chi connectivity index (χ1n) is 7.62. The van der Waals surface area contributed by atoms with E-state index in [0.29, 0.717) is 6.04 Å². The molecule has 0 aromatic heterocycles. The lowest BCUT2D eigenvalue weighted by molar-refractivity contribution is 0.248. The Hall–Kier alpha value is -0.770. The van der Waals surface area contributed by atoms with Gasteiger partial charge in [-0.25, -0.2) is 0 Å². The zero-order valence-electron chi connectivity index (χ0n) is 12.5. The van der Waals surface area contributed by atoms with Crippen LogP contribution in [0.2, 0.25) is 5.02 Å². The largest absolute Gasteiger partial charge is 0.493 e. The van der Waals surface area contributed by atoms with E-state index in [1.54, 1.807) is 0 Å². The Kier molecular flexibility index (Phi) is 6.14. The van der Waals surface area contributed by atoms with Crippen LogP contribution in [0.15, 0.2) is 18.2 Å². The number of hydrogen-bond acceptors (Lipinski definition) is 3. The van der Waals surface area contributed by atoms with E-state index in [-0.39, 0.29) is 0 Å². The van der Waals surface area contributed by atoms with E-state index in [4.69, 9.17) is 16.3 Å². The van der Waals surface area contributed by atoms with Gasteiger partial charge in [0, 0.05) is 23.0 Å². The monoisotopic (exact) mass is 296 g/mol. The van der Waals surface area contributed by atoms with Gasteiger partial charge in [-0.2, -0.15) is 0 Å². The lowest BCUT2D eigenvalue weighted by Gasteiger charge is -2.27. The van der Waals surface area contributed by atoms with Crippen molar-refractivity contribution in [1.29, 1.82) is 0 Å². The molecule has 0 aliphatic carbocycles. The van der Waals surface area contributed by atoms with Crippen LogP contribution in [0.25, 0.3) is 0 Å². The van der Waals surface area contributed by atoms with Gasteiger partial charge in [0.1, 0.15) is 5.75 Å². The minimum Gasteiger partial charge on any atom is -0.493 e.